The van der Waals surface area contributed by atoms with Crippen LogP contribution in [0.2, 0.25) is 0 Å². The van der Waals surface area contributed by atoms with Gasteiger partial charge in [-0.3, -0.25) is 0 Å². The predicted octanol–water partition coefficient (Wildman–Crippen LogP) is 4.17. The lowest BCUT2D eigenvalue weighted by molar-refractivity contribution is 0.410. The summed E-state index contributed by atoms with van der Waals surface area (Å²) in [5, 5.41) is 0. The average Bonchev–Trinajstić information content (AvgIpc) is 2.62. The van der Waals surface area contributed by atoms with Crippen molar-refractivity contribution in [2.24, 2.45) is 0 Å². The Hall–Kier alpha value is -1.02. The molecule has 0 radical (unpaired) electrons. The number of aromatic nitrogens is 1. The molecule has 0 N–H and O–H groups in total. The molecule has 0 saturated heterocycles. The Morgan fingerprint density at radius 2 is 2.00 bits per heavy atom. The van der Waals surface area contributed by atoms with Crippen molar-refractivity contribution < 1.29 is 4.42 Å². The summed E-state index contributed by atoms with van der Waals surface area (Å²) in [5.41, 5.74) is 3.91. The van der Waals surface area contributed by atoms with Crippen LogP contribution in [0.25, 0.3) is 11.1 Å². The molecule has 2 rings (SSSR count). The zero-order chi connectivity index (χ0) is 11.9. The fraction of sp³-hybridized carbons (Fsp3) is 0.462. The second kappa shape index (κ2) is 3.77. The van der Waals surface area contributed by atoms with Crippen molar-refractivity contribution in [2.45, 2.75) is 39.0 Å². The molecule has 1 aromatic carbocycles. The van der Waals surface area contributed by atoms with Crippen LogP contribution in [-0.4, -0.2) is 4.98 Å². The van der Waals surface area contributed by atoms with E-state index < -0.39 is 0 Å². The van der Waals surface area contributed by atoms with Gasteiger partial charge in [0, 0.05) is 11.3 Å². The van der Waals surface area contributed by atoms with E-state index in [0.717, 1.165) is 28.1 Å². The summed E-state index contributed by atoms with van der Waals surface area (Å²) in [4.78, 5) is 4.51. The molecule has 16 heavy (non-hydrogen) atoms. The minimum atomic E-state index is -0.0629. The topological polar surface area (TPSA) is 26.0 Å². The second-order valence-electron chi connectivity index (χ2n) is 5.10. The van der Waals surface area contributed by atoms with Crippen molar-refractivity contribution in [1.82, 2.24) is 4.98 Å². The van der Waals surface area contributed by atoms with E-state index in [0.29, 0.717) is 5.88 Å². The smallest absolute Gasteiger partial charge is 0.200 e. The third kappa shape index (κ3) is 1.82. The number of fused-ring (bicyclic) bond motifs is 1. The molecule has 0 saturated carbocycles. The Balaban J connectivity index is 2.67. The highest BCUT2D eigenvalue weighted by Gasteiger charge is 2.21. The van der Waals surface area contributed by atoms with E-state index in [1.165, 1.54) is 0 Å². The van der Waals surface area contributed by atoms with Gasteiger partial charge in [0.05, 0.1) is 0 Å². The van der Waals surface area contributed by atoms with Gasteiger partial charge in [-0.25, -0.2) is 4.98 Å². The van der Waals surface area contributed by atoms with Crippen molar-refractivity contribution >= 4 is 22.7 Å². The maximum absolute atomic E-state index is 5.87. The molecule has 2 aromatic rings. The predicted molar refractivity (Wildman–Crippen MR) is 67.0 cm³/mol. The molecule has 86 valence electrons. The molecular weight excluding hydrogens is 222 g/mol. The largest absolute Gasteiger partial charge is 0.440 e. The molecule has 0 aliphatic rings. The molecule has 2 nitrogen and oxygen atoms in total. The van der Waals surface area contributed by atoms with E-state index in [-0.39, 0.29) is 5.41 Å². The Morgan fingerprint density at radius 1 is 1.31 bits per heavy atom. The first kappa shape index (κ1) is 11.5. The standard InChI is InChI=1S/C13H16ClNO/c1-8-9(7-14)5-6-10-11(8)16-12(15-10)13(2,3)4/h5-6H,7H2,1-4H3. The molecule has 0 fully saturated rings. The SMILES string of the molecule is Cc1c(CCl)ccc2nc(C(C)(C)C)oc12. The summed E-state index contributed by atoms with van der Waals surface area (Å²) < 4.78 is 5.84. The van der Waals surface area contributed by atoms with Gasteiger partial charge in [-0.05, 0) is 24.1 Å². The fourth-order valence-electron chi connectivity index (χ4n) is 1.63. The number of hydrogen-bond donors (Lipinski definition) is 0. The molecule has 0 spiro atoms. The quantitative estimate of drug-likeness (QED) is 0.696. The number of rotatable bonds is 1. The first-order valence-corrected chi connectivity index (χ1v) is 5.92. The van der Waals surface area contributed by atoms with E-state index in [1.807, 2.05) is 19.1 Å². The molecule has 0 atom stereocenters. The van der Waals surface area contributed by atoms with E-state index in [4.69, 9.17) is 16.0 Å². The highest BCUT2D eigenvalue weighted by atomic mass is 35.5. The van der Waals surface area contributed by atoms with Crippen molar-refractivity contribution in [2.75, 3.05) is 0 Å². The van der Waals surface area contributed by atoms with Crippen molar-refractivity contribution in [3.05, 3.63) is 29.2 Å². The van der Waals surface area contributed by atoms with Gasteiger partial charge < -0.3 is 4.42 Å². The maximum atomic E-state index is 5.87. The Morgan fingerprint density at radius 3 is 2.56 bits per heavy atom. The van der Waals surface area contributed by atoms with Gasteiger partial charge in [0.25, 0.3) is 0 Å². The molecular formula is C13H16ClNO. The molecule has 1 aromatic heterocycles. The molecule has 0 aliphatic heterocycles. The zero-order valence-corrected chi connectivity index (χ0v) is 10.9. The van der Waals surface area contributed by atoms with E-state index in [9.17, 15) is 0 Å². The Bertz CT molecular complexity index is 522. The normalized spacial score (nSPS) is 12.3. The third-order valence-corrected chi connectivity index (χ3v) is 2.99. The number of halogens is 1. The highest BCUT2D eigenvalue weighted by Crippen LogP contribution is 2.29. The van der Waals surface area contributed by atoms with Gasteiger partial charge in [-0.15, -0.1) is 11.6 Å². The van der Waals surface area contributed by atoms with Crippen LogP contribution in [0.15, 0.2) is 16.5 Å². The number of benzene rings is 1. The van der Waals surface area contributed by atoms with E-state index in [1.54, 1.807) is 0 Å². The lowest BCUT2D eigenvalue weighted by Crippen LogP contribution is -2.10. The summed E-state index contributed by atoms with van der Waals surface area (Å²) in [5.74, 6) is 1.28. The monoisotopic (exact) mass is 237 g/mol. The van der Waals surface area contributed by atoms with Gasteiger partial charge in [-0.1, -0.05) is 26.8 Å². The second-order valence-corrected chi connectivity index (χ2v) is 5.37. The van der Waals surface area contributed by atoms with Crippen LogP contribution in [0.3, 0.4) is 0 Å². The minimum absolute atomic E-state index is 0.0629. The van der Waals surface area contributed by atoms with Crippen LogP contribution >= 0.6 is 11.6 Å². The van der Waals surface area contributed by atoms with Gasteiger partial charge in [0.15, 0.2) is 5.58 Å². The van der Waals surface area contributed by atoms with Crippen molar-refractivity contribution in [1.29, 1.82) is 0 Å². The first-order valence-electron chi connectivity index (χ1n) is 5.39. The first-order chi connectivity index (χ1) is 7.43. The van der Waals surface area contributed by atoms with Crippen LogP contribution < -0.4 is 0 Å². The van der Waals surface area contributed by atoms with Crippen LogP contribution in [0.4, 0.5) is 0 Å². The maximum Gasteiger partial charge on any atom is 0.200 e. The van der Waals surface area contributed by atoms with E-state index in [2.05, 4.69) is 25.8 Å². The zero-order valence-electron chi connectivity index (χ0n) is 10.1. The Labute approximate surface area is 101 Å². The lowest BCUT2D eigenvalue weighted by Gasteiger charge is -2.11. The Kier molecular flexibility index (Phi) is 2.70. The summed E-state index contributed by atoms with van der Waals surface area (Å²) in [6.07, 6.45) is 0. The number of oxazole rings is 1. The van der Waals surface area contributed by atoms with Gasteiger partial charge in [0.2, 0.25) is 5.89 Å². The van der Waals surface area contributed by atoms with E-state index >= 15 is 0 Å². The molecule has 1 heterocycles. The molecule has 0 unspecified atom stereocenters. The molecule has 0 aliphatic carbocycles. The summed E-state index contributed by atoms with van der Waals surface area (Å²) in [7, 11) is 0. The van der Waals surface area contributed by atoms with Gasteiger partial charge >= 0.3 is 0 Å². The highest BCUT2D eigenvalue weighted by molar-refractivity contribution is 6.17. The van der Waals surface area contributed by atoms with Crippen LogP contribution in [0.1, 0.15) is 37.8 Å². The van der Waals surface area contributed by atoms with Gasteiger partial charge in [-0.2, -0.15) is 0 Å². The molecule has 3 heteroatoms. The number of hydrogen-bond acceptors (Lipinski definition) is 2. The van der Waals surface area contributed by atoms with Crippen molar-refractivity contribution in [3.8, 4) is 0 Å². The minimum Gasteiger partial charge on any atom is -0.440 e. The van der Waals surface area contributed by atoms with Crippen molar-refractivity contribution in [3.63, 3.8) is 0 Å². The van der Waals surface area contributed by atoms with Crippen LogP contribution in [0, 0.1) is 6.92 Å². The number of alkyl halides is 1. The van der Waals surface area contributed by atoms with Gasteiger partial charge in [0.1, 0.15) is 5.52 Å². The average molecular weight is 238 g/mol. The third-order valence-electron chi connectivity index (χ3n) is 2.70. The number of nitrogens with zero attached hydrogens (tertiary/aromatic N) is 1. The molecule has 0 bridgehead atoms. The van der Waals surface area contributed by atoms with Crippen LogP contribution in [-0.2, 0) is 11.3 Å². The molecule has 0 amide bonds. The summed E-state index contributed by atoms with van der Waals surface area (Å²) >= 11 is 5.87. The van der Waals surface area contributed by atoms with Crippen LogP contribution in [0.5, 0.6) is 0 Å². The fourth-order valence-corrected chi connectivity index (χ4v) is 1.92. The summed E-state index contributed by atoms with van der Waals surface area (Å²) in [6, 6.07) is 3.98. The summed E-state index contributed by atoms with van der Waals surface area (Å²) in [6.45, 7) is 8.30. The number of aryl methyl sites for hydroxylation is 1. The lowest BCUT2D eigenvalue weighted by atomic mass is 9.97.